The molecule has 2 aromatic carbocycles. The molecule has 1 amide bonds. The molecule has 0 saturated carbocycles. The summed E-state index contributed by atoms with van der Waals surface area (Å²) >= 11 is 0. The minimum atomic E-state index is -0.565. The van der Waals surface area contributed by atoms with Crippen molar-refractivity contribution in [2.75, 3.05) is 11.4 Å². The predicted molar refractivity (Wildman–Crippen MR) is 113 cm³/mol. The predicted octanol–water partition coefficient (Wildman–Crippen LogP) is 2.70. The summed E-state index contributed by atoms with van der Waals surface area (Å²) in [6.07, 6.45) is 4.58. The number of para-hydroxylation sites is 1. The normalized spacial score (nSPS) is 14.2. The highest BCUT2D eigenvalue weighted by Gasteiger charge is 2.26. The molecular formula is C22H18FN5O2. The Morgan fingerprint density at radius 2 is 1.93 bits per heavy atom. The Balaban J connectivity index is 1.75. The van der Waals surface area contributed by atoms with Crippen molar-refractivity contribution < 1.29 is 9.18 Å². The number of amides is 1. The molecule has 2 heterocycles. The van der Waals surface area contributed by atoms with E-state index in [1.54, 1.807) is 18.2 Å². The highest BCUT2D eigenvalue weighted by Crippen LogP contribution is 2.25. The lowest BCUT2D eigenvalue weighted by Crippen LogP contribution is -2.43. The third kappa shape index (κ3) is 3.75. The first-order chi connectivity index (χ1) is 14.6. The van der Waals surface area contributed by atoms with E-state index < -0.39 is 5.82 Å². The molecule has 1 aliphatic rings. The second-order valence-corrected chi connectivity index (χ2v) is 6.60. The molecule has 0 bridgehead atoms. The number of carbonyl (C=O) groups excluding carboxylic acids is 1. The van der Waals surface area contributed by atoms with Crippen molar-refractivity contribution in [2.45, 2.75) is 6.42 Å². The maximum Gasteiger partial charge on any atom is 0.228 e. The van der Waals surface area contributed by atoms with Crippen molar-refractivity contribution in [3.63, 3.8) is 0 Å². The van der Waals surface area contributed by atoms with Crippen LogP contribution in [0.4, 0.5) is 15.8 Å². The average molecular weight is 403 g/mol. The van der Waals surface area contributed by atoms with E-state index in [1.807, 2.05) is 18.2 Å². The number of aliphatic imine (C=N–C) groups is 1. The van der Waals surface area contributed by atoms with Crippen LogP contribution in [0, 0.1) is 5.82 Å². The Labute approximate surface area is 171 Å². The van der Waals surface area contributed by atoms with Crippen molar-refractivity contribution in [1.82, 2.24) is 9.78 Å². The van der Waals surface area contributed by atoms with Gasteiger partial charge in [0.1, 0.15) is 5.69 Å². The van der Waals surface area contributed by atoms with Crippen molar-refractivity contribution in [3.05, 3.63) is 94.8 Å². The zero-order chi connectivity index (χ0) is 21.1. The average Bonchev–Trinajstić information content (AvgIpc) is 2.74. The van der Waals surface area contributed by atoms with Gasteiger partial charge < -0.3 is 10.6 Å². The van der Waals surface area contributed by atoms with Gasteiger partial charge >= 0.3 is 0 Å². The van der Waals surface area contributed by atoms with Gasteiger partial charge in [-0.2, -0.15) is 5.10 Å². The lowest BCUT2D eigenvalue weighted by Gasteiger charge is -2.30. The minimum absolute atomic E-state index is 0.0319. The fourth-order valence-electron chi connectivity index (χ4n) is 3.06. The Morgan fingerprint density at radius 1 is 1.13 bits per heavy atom. The molecule has 1 saturated heterocycles. The summed E-state index contributed by atoms with van der Waals surface area (Å²) in [5, 5.41) is 4.29. The van der Waals surface area contributed by atoms with Gasteiger partial charge in [-0.15, -0.1) is 0 Å². The number of anilines is 1. The molecule has 4 rings (SSSR count). The van der Waals surface area contributed by atoms with Crippen LogP contribution in [-0.4, -0.2) is 27.9 Å². The lowest BCUT2D eigenvalue weighted by molar-refractivity contribution is -0.122. The summed E-state index contributed by atoms with van der Waals surface area (Å²) in [5.74, 6) is -0.605. The van der Waals surface area contributed by atoms with Crippen LogP contribution in [0.15, 0.2) is 82.9 Å². The highest BCUT2D eigenvalue weighted by molar-refractivity contribution is 6.08. The van der Waals surface area contributed by atoms with Crippen molar-refractivity contribution in [3.8, 4) is 5.69 Å². The van der Waals surface area contributed by atoms with E-state index in [-0.39, 0.29) is 28.4 Å². The van der Waals surface area contributed by atoms with Crippen LogP contribution >= 0.6 is 0 Å². The number of nitrogens with two attached hydrogens (primary N) is 1. The van der Waals surface area contributed by atoms with Gasteiger partial charge in [0.05, 0.1) is 11.4 Å². The van der Waals surface area contributed by atoms with Crippen molar-refractivity contribution >= 4 is 23.0 Å². The number of halogens is 1. The van der Waals surface area contributed by atoms with Crippen molar-refractivity contribution in [2.24, 2.45) is 10.7 Å². The molecule has 1 aromatic heterocycles. The highest BCUT2D eigenvalue weighted by atomic mass is 19.1. The van der Waals surface area contributed by atoms with Crippen LogP contribution in [0.1, 0.15) is 12.1 Å². The second-order valence-electron chi connectivity index (χ2n) is 6.60. The van der Waals surface area contributed by atoms with Crippen LogP contribution < -0.4 is 16.1 Å². The monoisotopic (exact) mass is 403 g/mol. The largest absolute Gasteiger partial charge is 0.405 e. The van der Waals surface area contributed by atoms with E-state index in [0.29, 0.717) is 24.3 Å². The van der Waals surface area contributed by atoms with Gasteiger partial charge in [-0.25, -0.2) is 14.1 Å². The molecule has 150 valence electrons. The maximum atomic E-state index is 14.8. The van der Waals surface area contributed by atoms with Crippen LogP contribution in [0.25, 0.3) is 5.69 Å². The third-order valence-corrected chi connectivity index (χ3v) is 4.65. The fraction of sp³-hybridized carbons (Fsp3) is 0.0909. The summed E-state index contributed by atoms with van der Waals surface area (Å²) < 4.78 is 16.0. The van der Waals surface area contributed by atoms with Gasteiger partial charge in [0.15, 0.2) is 11.5 Å². The first-order valence-corrected chi connectivity index (χ1v) is 9.29. The maximum absolute atomic E-state index is 14.8. The zero-order valence-electron chi connectivity index (χ0n) is 15.9. The lowest BCUT2D eigenvalue weighted by atomic mass is 10.1. The molecule has 30 heavy (non-hydrogen) atoms. The van der Waals surface area contributed by atoms with E-state index in [0.717, 1.165) is 0 Å². The molecule has 1 fully saturated rings. The number of rotatable bonds is 5. The van der Waals surface area contributed by atoms with Crippen molar-refractivity contribution in [1.29, 1.82) is 0 Å². The Hall–Kier alpha value is -4.07. The third-order valence-electron chi connectivity index (χ3n) is 4.65. The number of carbonyl (C=O) groups is 1. The van der Waals surface area contributed by atoms with Gasteiger partial charge in [0.25, 0.3) is 0 Å². The van der Waals surface area contributed by atoms with Gasteiger partial charge in [-0.1, -0.05) is 18.2 Å². The van der Waals surface area contributed by atoms with Crippen LogP contribution in [0.2, 0.25) is 0 Å². The molecule has 7 nitrogen and oxygen atoms in total. The van der Waals surface area contributed by atoms with E-state index in [4.69, 9.17) is 5.73 Å². The summed E-state index contributed by atoms with van der Waals surface area (Å²) in [7, 11) is 0. The number of aromatic nitrogens is 2. The molecule has 0 aliphatic carbocycles. The van der Waals surface area contributed by atoms with Crippen LogP contribution in [-0.2, 0) is 4.79 Å². The molecule has 0 radical (unpaired) electrons. The summed E-state index contributed by atoms with van der Waals surface area (Å²) in [6.45, 7) is 0.572. The molecule has 3 aromatic rings. The van der Waals surface area contributed by atoms with Gasteiger partial charge in [0, 0.05) is 30.9 Å². The topological polar surface area (TPSA) is 93.6 Å². The first kappa shape index (κ1) is 19.3. The number of benzene rings is 2. The number of β-lactam (4-membered cyclic amide) rings is 1. The molecule has 2 N–H and O–H groups in total. The van der Waals surface area contributed by atoms with E-state index >= 15 is 0 Å². The first-order valence-electron chi connectivity index (χ1n) is 9.29. The number of nitrogens with zero attached hydrogens (tertiary/aromatic N) is 4. The smallest absolute Gasteiger partial charge is 0.228 e. The summed E-state index contributed by atoms with van der Waals surface area (Å²) in [5.41, 5.74) is 6.70. The van der Waals surface area contributed by atoms with Gasteiger partial charge in [0.2, 0.25) is 11.3 Å². The molecular weight excluding hydrogens is 385 g/mol. The molecule has 1 aliphatic heterocycles. The number of allylic oxidation sites excluding steroid dienone is 1. The number of hydrogen-bond acceptors (Lipinski definition) is 5. The molecule has 0 unspecified atom stereocenters. The Bertz CT molecular complexity index is 1220. The zero-order valence-corrected chi connectivity index (χ0v) is 15.9. The van der Waals surface area contributed by atoms with Gasteiger partial charge in [-0.3, -0.25) is 9.59 Å². The SMILES string of the molecule is NC=CC(=Nc1ccccc1)c1nn(-c2ccc(N3CCC3=O)cc2F)ccc1=O. The summed E-state index contributed by atoms with van der Waals surface area (Å²) in [6, 6.07) is 14.8. The molecule has 0 spiro atoms. The quantitative estimate of drug-likeness (QED) is 0.524. The van der Waals surface area contributed by atoms with E-state index in [1.165, 1.54) is 46.3 Å². The van der Waals surface area contributed by atoms with E-state index in [9.17, 15) is 14.0 Å². The van der Waals surface area contributed by atoms with E-state index in [2.05, 4.69) is 10.1 Å². The minimum Gasteiger partial charge on any atom is -0.405 e. The molecule has 0 atom stereocenters. The number of hydrogen-bond donors (Lipinski definition) is 1. The van der Waals surface area contributed by atoms with Crippen LogP contribution in [0.3, 0.4) is 0 Å². The fourth-order valence-corrected chi connectivity index (χ4v) is 3.06. The Kier molecular flexibility index (Phi) is 5.21. The second kappa shape index (κ2) is 8.12. The van der Waals surface area contributed by atoms with Crippen LogP contribution in [0.5, 0.6) is 0 Å². The molecule has 8 heteroatoms. The standard InChI is InChI=1S/C22H18FN5O2/c23-17-14-16(27-12-10-21(27)30)6-7-19(17)28-13-9-20(29)22(26-28)18(8-11-24)25-15-4-2-1-3-5-15/h1-9,11,13-14H,10,12,24H2. The Morgan fingerprint density at radius 3 is 2.57 bits per heavy atom. The summed E-state index contributed by atoms with van der Waals surface area (Å²) in [4.78, 5) is 30.0. The van der Waals surface area contributed by atoms with Gasteiger partial charge in [-0.05, 0) is 42.6 Å².